The van der Waals surface area contributed by atoms with Crippen molar-refractivity contribution in [3.8, 4) is 0 Å². The summed E-state index contributed by atoms with van der Waals surface area (Å²) in [6.07, 6.45) is 8.20. The Bertz CT molecular complexity index is 1380. The summed E-state index contributed by atoms with van der Waals surface area (Å²) >= 11 is 0. The zero-order valence-electron chi connectivity index (χ0n) is 18.1. The van der Waals surface area contributed by atoms with E-state index in [2.05, 4.69) is 10.4 Å². The molecule has 4 atom stereocenters. The molecule has 0 radical (unpaired) electrons. The van der Waals surface area contributed by atoms with Crippen molar-refractivity contribution in [2.45, 2.75) is 13.0 Å². The highest BCUT2D eigenvalue weighted by Crippen LogP contribution is 2.52. The Balaban J connectivity index is 1.25. The number of anilines is 1. The number of amides is 3. The molecule has 0 spiro atoms. The number of imide groups is 1. The summed E-state index contributed by atoms with van der Waals surface area (Å²) in [7, 11) is 0. The first-order chi connectivity index (χ1) is 16.5. The Hall–Kier alpha value is -4.07. The number of carbonyl (C=O) groups excluding carboxylic acids is 3. The number of para-hydroxylation sites is 2. The Kier molecular flexibility index (Phi) is 4.69. The number of allylic oxidation sites excluding steroid dienone is 2. The fourth-order valence-electron chi connectivity index (χ4n) is 5.54. The summed E-state index contributed by atoms with van der Waals surface area (Å²) in [6, 6.07) is 13.5. The molecule has 3 aromatic rings. The number of nitrogens with zero attached hydrogens (tertiary/aromatic N) is 3. The number of nitrogens with one attached hydrogen (secondary N) is 1. The predicted molar refractivity (Wildman–Crippen MR) is 124 cm³/mol. The highest BCUT2D eigenvalue weighted by molar-refractivity contribution is 6.08. The third kappa shape index (κ3) is 3.17. The molecule has 3 amide bonds. The minimum absolute atomic E-state index is 0.0383. The van der Waals surface area contributed by atoms with Crippen molar-refractivity contribution >= 4 is 40.5 Å². The first-order valence-corrected chi connectivity index (χ1v) is 11.2. The number of hydrogen-bond donors (Lipinski definition) is 1. The number of hydrogen-bond acceptors (Lipinski definition) is 4. The lowest BCUT2D eigenvalue weighted by molar-refractivity contribution is -0.140. The maximum Gasteiger partial charge on any atom is 0.254 e. The van der Waals surface area contributed by atoms with Crippen molar-refractivity contribution in [1.82, 2.24) is 9.58 Å². The first-order valence-electron chi connectivity index (χ1n) is 11.2. The van der Waals surface area contributed by atoms with Crippen molar-refractivity contribution < 1.29 is 18.8 Å². The van der Waals surface area contributed by atoms with Gasteiger partial charge in [-0.25, -0.2) is 4.39 Å². The van der Waals surface area contributed by atoms with E-state index < -0.39 is 5.82 Å². The molecule has 2 heterocycles. The van der Waals surface area contributed by atoms with E-state index in [-0.39, 0.29) is 53.6 Å². The standard InChI is InChI=1S/C26H21FN4O3/c27-19-6-2-3-7-20(19)29-22(32)14-30-13-17(18-5-1-4-8-21(18)30)12-28-31-25(33)23-15-9-10-16(11-15)24(23)26(31)34/h1-10,12-13,15-16,23-24H,11,14H2,(H,29,32)/t15-,16-,23-,24+/m0/s1. The predicted octanol–water partition coefficient (Wildman–Crippen LogP) is 3.56. The summed E-state index contributed by atoms with van der Waals surface area (Å²) in [4.78, 5) is 38.4. The molecule has 0 unspecified atom stereocenters. The molecule has 34 heavy (non-hydrogen) atoms. The number of fused-ring (bicyclic) bond motifs is 6. The number of carbonyl (C=O) groups is 3. The van der Waals surface area contributed by atoms with Crippen LogP contribution in [-0.4, -0.2) is 33.5 Å². The fraction of sp³-hybridized carbons (Fsp3) is 0.231. The van der Waals surface area contributed by atoms with Gasteiger partial charge in [-0.2, -0.15) is 10.1 Å². The van der Waals surface area contributed by atoms with E-state index in [1.165, 1.54) is 18.3 Å². The summed E-state index contributed by atoms with van der Waals surface area (Å²) in [5.41, 5.74) is 1.57. The van der Waals surface area contributed by atoms with Crippen LogP contribution in [0.5, 0.6) is 0 Å². The van der Waals surface area contributed by atoms with Crippen LogP contribution in [0, 0.1) is 29.5 Å². The summed E-state index contributed by atoms with van der Waals surface area (Å²) < 4.78 is 15.6. The molecule has 1 saturated heterocycles. The molecule has 2 aromatic carbocycles. The van der Waals surface area contributed by atoms with Crippen LogP contribution in [0.1, 0.15) is 12.0 Å². The van der Waals surface area contributed by atoms with E-state index in [4.69, 9.17) is 0 Å². The molecule has 2 bridgehead atoms. The Morgan fingerprint density at radius 2 is 1.71 bits per heavy atom. The number of aromatic nitrogens is 1. The average Bonchev–Trinajstić information content (AvgIpc) is 3.58. The number of hydrazone groups is 1. The molecule has 2 aliphatic carbocycles. The molecule has 3 aliphatic rings. The molecule has 1 N–H and O–H groups in total. The molecule has 8 heteroatoms. The van der Waals surface area contributed by atoms with Crippen LogP contribution in [-0.2, 0) is 20.9 Å². The van der Waals surface area contributed by atoms with E-state index >= 15 is 0 Å². The SMILES string of the molecule is O=C(Cn1cc(C=NN2C(=O)[C@@H]3[C@H](C2=O)[C@H]2C=C[C@H]3C2)c2ccccc21)Nc1ccccc1F. The number of halogens is 1. The van der Waals surface area contributed by atoms with Gasteiger partial charge < -0.3 is 9.88 Å². The van der Waals surface area contributed by atoms with Crippen LogP contribution in [0.3, 0.4) is 0 Å². The lowest BCUT2D eigenvalue weighted by Gasteiger charge is -2.13. The maximum atomic E-state index is 13.9. The second-order valence-corrected chi connectivity index (χ2v) is 8.99. The highest BCUT2D eigenvalue weighted by Gasteiger charge is 2.59. The zero-order chi connectivity index (χ0) is 23.4. The largest absolute Gasteiger partial charge is 0.337 e. The van der Waals surface area contributed by atoms with Gasteiger partial charge in [0.25, 0.3) is 11.8 Å². The van der Waals surface area contributed by atoms with Gasteiger partial charge in [-0.05, 0) is 36.5 Å². The second-order valence-electron chi connectivity index (χ2n) is 8.99. The molecule has 1 saturated carbocycles. The smallest absolute Gasteiger partial charge is 0.254 e. The minimum atomic E-state index is -0.505. The Morgan fingerprint density at radius 3 is 2.44 bits per heavy atom. The molecule has 7 nitrogen and oxygen atoms in total. The van der Waals surface area contributed by atoms with Crippen LogP contribution in [0.15, 0.2) is 72.0 Å². The van der Waals surface area contributed by atoms with Crippen LogP contribution < -0.4 is 5.32 Å². The topological polar surface area (TPSA) is 83.8 Å². The number of rotatable bonds is 5. The van der Waals surface area contributed by atoms with Gasteiger partial charge in [0.1, 0.15) is 12.4 Å². The molecule has 1 aliphatic heterocycles. The van der Waals surface area contributed by atoms with E-state index in [0.29, 0.717) is 5.56 Å². The quantitative estimate of drug-likeness (QED) is 0.362. The third-order valence-corrected chi connectivity index (χ3v) is 7.04. The minimum Gasteiger partial charge on any atom is -0.337 e. The van der Waals surface area contributed by atoms with Gasteiger partial charge >= 0.3 is 0 Å². The van der Waals surface area contributed by atoms with Gasteiger partial charge in [0, 0.05) is 22.7 Å². The zero-order valence-corrected chi connectivity index (χ0v) is 18.1. The molecule has 2 fully saturated rings. The maximum absolute atomic E-state index is 13.9. The van der Waals surface area contributed by atoms with Crippen molar-refractivity contribution in [2.24, 2.45) is 28.8 Å². The first kappa shape index (κ1) is 20.5. The van der Waals surface area contributed by atoms with E-state index in [9.17, 15) is 18.8 Å². The second kappa shape index (κ2) is 7.76. The van der Waals surface area contributed by atoms with Crippen molar-refractivity contribution in [3.63, 3.8) is 0 Å². The normalized spacial score (nSPS) is 25.1. The summed E-state index contributed by atoms with van der Waals surface area (Å²) in [5, 5.41) is 8.70. The number of benzene rings is 2. The van der Waals surface area contributed by atoms with Gasteiger partial charge in [0.05, 0.1) is 23.7 Å². The summed E-state index contributed by atoms with van der Waals surface area (Å²) in [6.45, 7) is -0.0383. The molecule has 1 aromatic heterocycles. The monoisotopic (exact) mass is 456 g/mol. The van der Waals surface area contributed by atoms with Gasteiger partial charge in [0.2, 0.25) is 5.91 Å². The van der Waals surface area contributed by atoms with Gasteiger partial charge in [-0.1, -0.05) is 42.5 Å². The average molecular weight is 456 g/mol. The van der Waals surface area contributed by atoms with Crippen molar-refractivity contribution in [2.75, 3.05) is 5.32 Å². The van der Waals surface area contributed by atoms with E-state index in [1.54, 1.807) is 22.9 Å². The van der Waals surface area contributed by atoms with Crippen LogP contribution >= 0.6 is 0 Å². The molecular formula is C26H21FN4O3. The van der Waals surface area contributed by atoms with Gasteiger partial charge in [0.15, 0.2) is 0 Å². The molecular weight excluding hydrogens is 435 g/mol. The summed E-state index contributed by atoms with van der Waals surface area (Å²) in [5.74, 6) is -1.72. The van der Waals surface area contributed by atoms with Crippen molar-refractivity contribution in [1.29, 1.82) is 0 Å². The van der Waals surface area contributed by atoms with Crippen LogP contribution in [0.2, 0.25) is 0 Å². The van der Waals surface area contributed by atoms with Crippen LogP contribution in [0.4, 0.5) is 10.1 Å². The highest BCUT2D eigenvalue weighted by atomic mass is 19.1. The molecule has 6 rings (SSSR count). The lowest BCUT2D eigenvalue weighted by Crippen LogP contribution is -2.28. The van der Waals surface area contributed by atoms with Crippen LogP contribution in [0.25, 0.3) is 10.9 Å². The van der Waals surface area contributed by atoms with E-state index in [0.717, 1.165) is 22.3 Å². The van der Waals surface area contributed by atoms with Gasteiger partial charge in [-0.3, -0.25) is 14.4 Å². The Morgan fingerprint density at radius 1 is 1.03 bits per heavy atom. The molecule has 170 valence electrons. The third-order valence-electron chi connectivity index (χ3n) is 7.04. The van der Waals surface area contributed by atoms with Crippen molar-refractivity contribution in [3.05, 3.63) is 78.3 Å². The lowest BCUT2D eigenvalue weighted by atomic mass is 9.85. The fourth-order valence-corrected chi connectivity index (χ4v) is 5.54. The Labute approximate surface area is 194 Å². The van der Waals surface area contributed by atoms with Gasteiger partial charge in [-0.15, -0.1) is 0 Å². The van der Waals surface area contributed by atoms with E-state index in [1.807, 2.05) is 36.4 Å².